The number of benzene rings is 1. The van der Waals surface area contributed by atoms with Gasteiger partial charge < -0.3 is 9.64 Å². The number of ether oxygens (including phenoxy) is 1. The molecule has 2 fully saturated rings. The molecule has 1 atom stereocenters. The van der Waals surface area contributed by atoms with Crippen molar-refractivity contribution in [1.29, 1.82) is 0 Å². The van der Waals surface area contributed by atoms with Crippen LogP contribution >= 0.6 is 0 Å². The predicted octanol–water partition coefficient (Wildman–Crippen LogP) is 1.03. The molecule has 0 aromatic heterocycles. The van der Waals surface area contributed by atoms with Crippen LogP contribution in [0.15, 0.2) is 29.2 Å². The highest BCUT2D eigenvalue weighted by molar-refractivity contribution is 7.90. The van der Waals surface area contributed by atoms with E-state index >= 15 is 0 Å². The first kappa shape index (κ1) is 17.4. The summed E-state index contributed by atoms with van der Waals surface area (Å²) in [5, 5.41) is 0. The van der Waals surface area contributed by atoms with Crippen LogP contribution in [0.1, 0.15) is 23.2 Å². The molecule has 2 aliphatic heterocycles. The Morgan fingerprint density at radius 2 is 1.83 bits per heavy atom. The van der Waals surface area contributed by atoms with Crippen molar-refractivity contribution in [3.8, 4) is 0 Å². The second-order valence-corrected chi connectivity index (χ2v) is 8.54. The number of rotatable bonds is 4. The lowest BCUT2D eigenvalue weighted by Gasteiger charge is -2.35. The predicted molar refractivity (Wildman–Crippen MR) is 90.9 cm³/mol. The molecule has 0 bridgehead atoms. The van der Waals surface area contributed by atoms with Gasteiger partial charge in [-0.1, -0.05) is 0 Å². The minimum Gasteiger partial charge on any atom is -0.377 e. The maximum atomic E-state index is 12.5. The summed E-state index contributed by atoms with van der Waals surface area (Å²) in [5.41, 5.74) is 0.537. The molecule has 2 aliphatic rings. The number of sulfone groups is 1. The SMILES string of the molecule is CS(=O)(=O)c1ccc(C(=O)N2CCN(C[C@H]3CCCO3)CC2)cc1. The van der Waals surface area contributed by atoms with Gasteiger partial charge in [0.25, 0.3) is 5.91 Å². The number of amides is 1. The van der Waals surface area contributed by atoms with E-state index in [1.807, 2.05) is 4.90 Å². The summed E-state index contributed by atoms with van der Waals surface area (Å²) in [7, 11) is -3.23. The molecule has 132 valence electrons. The molecular formula is C17H24N2O4S. The number of hydrogen-bond acceptors (Lipinski definition) is 5. The summed E-state index contributed by atoms with van der Waals surface area (Å²) in [5.74, 6) is -0.0354. The number of carbonyl (C=O) groups excluding carboxylic acids is 1. The number of nitrogens with zero attached hydrogens (tertiary/aromatic N) is 2. The van der Waals surface area contributed by atoms with Gasteiger partial charge in [-0.2, -0.15) is 0 Å². The maximum absolute atomic E-state index is 12.5. The fraction of sp³-hybridized carbons (Fsp3) is 0.588. The Balaban J connectivity index is 1.54. The quantitative estimate of drug-likeness (QED) is 0.810. The van der Waals surface area contributed by atoms with Gasteiger partial charge in [0.2, 0.25) is 0 Å². The molecule has 0 unspecified atom stereocenters. The van der Waals surface area contributed by atoms with Crippen molar-refractivity contribution >= 4 is 15.7 Å². The second kappa shape index (κ2) is 7.21. The van der Waals surface area contributed by atoms with Crippen LogP contribution < -0.4 is 0 Å². The van der Waals surface area contributed by atoms with E-state index in [9.17, 15) is 13.2 Å². The van der Waals surface area contributed by atoms with Crippen LogP contribution in [0.5, 0.6) is 0 Å². The van der Waals surface area contributed by atoms with Crippen molar-refractivity contribution < 1.29 is 17.9 Å². The van der Waals surface area contributed by atoms with Gasteiger partial charge in [0.15, 0.2) is 9.84 Å². The van der Waals surface area contributed by atoms with E-state index in [1.165, 1.54) is 12.1 Å². The summed E-state index contributed by atoms with van der Waals surface area (Å²) >= 11 is 0. The smallest absolute Gasteiger partial charge is 0.253 e. The summed E-state index contributed by atoms with van der Waals surface area (Å²) in [4.78, 5) is 17.0. The molecule has 1 aromatic rings. The zero-order chi connectivity index (χ0) is 17.2. The molecule has 1 aromatic carbocycles. The van der Waals surface area contributed by atoms with Gasteiger partial charge in [-0.3, -0.25) is 9.69 Å². The van der Waals surface area contributed by atoms with E-state index in [0.717, 1.165) is 45.3 Å². The normalized spacial score (nSPS) is 22.7. The molecule has 0 saturated carbocycles. The van der Waals surface area contributed by atoms with Crippen LogP contribution in [-0.4, -0.2) is 75.8 Å². The Kier molecular flexibility index (Phi) is 5.22. The van der Waals surface area contributed by atoms with Crippen molar-refractivity contribution in [2.75, 3.05) is 45.6 Å². The third-order valence-corrected chi connectivity index (χ3v) is 5.80. The number of carbonyl (C=O) groups is 1. The van der Waals surface area contributed by atoms with E-state index < -0.39 is 9.84 Å². The molecule has 3 rings (SSSR count). The first-order valence-corrected chi connectivity index (χ1v) is 10.3. The molecule has 0 aliphatic carbocycles. The van der Waals surface area contributed by atoms with Gasteiger partial charge >= 0.3 is 0 Å². The zero-order valence-electron chi connectivity index (χ0n) is 14.0. The molecule has 6 nitrogen and oxygen atoms in total. The maximum Gasteiger partial charge on any atom is 0.253 e. The van der Waals surface area contributed by atoms with Crippen molar-refractivity contribution in [3.05, 3.63) is 29.8 Å². The first-order valence-electron chi connectivity index (χ1n) is 8.37. The average Bonchev–Trinajstić information content (AvgIpc) is 3.07. The lowest BCUT2D eigenvalue weighted by Crippen LogP contribution is -2.50. The van der Waals surface area contributed by atoms with Crippen LogP contribution in [0, 0.1) is 0 Å². The van der Waals surface area contributed by atoms with E-state index in [-0.39, 0.29) is 10.8 Å². The molecule has 0 spiro atoms. The van der Waals surface area contributed by atoms with Crippen molar-refractivity contribution in [3.63, 3.8) is 0 Å². The van der Waals surface area contributed by atoms with Crippen LogP contribution in [0.3, 0.4) is 0 Å². The Bertz CT molecular complexity index is 673. The fourth-order valence-electron chi connectivity index (χ4n) is 3.24. The lowest BCUT2D eigenvalue weighted by molar-refractivity contribution is 0.0432. The fourth-order valence-corrected chi connectivity index (χ4v) is 3.87. The summed E-state index contributed by atoms with van der Waals surface area (Å²) in [6, 6.07) is 6.18. The van der Waals surface area contributed by atoms with Gasteiger partial charge in [-0.25, -0.2) is 8.42 Å². The topological polar surface area (TPSA) is 66.9 Å². The molecule has 24 heavy (non-hydrogen) atoms. The summed E-state index contributed by atoms with van der Waals surface area (Å²) in [6.45, 7) is 4.91. The van der Waals surface area contributed by atoms with Crippen LogP contribution in [0.4, 0.5) is 0 Å². The van der Waals surface area contributed by atoms with E-state index in [0.29, 0.717) is 24.8 Å². The zero-order valence-corrected chi connectivity index (χ0v) is 14.8. The molecule has 7 heteroatoms. The molecule has 0 N–H and O–H groups in total. The highest BCUT2D eigenvalue weighted by Crippen LogP contribution is 2.16. The number of hydrogen-bond donors (Lipinski definition) is 0. The minimum atomic E-state index is -3.23. The van der Waals surface area contributed by atoms with Gasteiger partial charge in [-0.15, -0.1) is 0 Å². The molecule has 2 saturated heterocycles. The minimum absolute atomic E-state index is 0.0354. The first-order chi connectivity index (χ1) is 11.4. The molecular weight excluding hydrogens is 328 g/mol. The van der Waals surface area contributed by atoms with Crippen molar-refractivity contribution in [2.24, 2.45) is 0 Å². The standard InChI is InChI=1S/C17H24N2O4S/c1-24(21,22)16-6-4-14(5-7-16)17(20)19-10-8-18(9-11-19)13-15-3-2-12-23-15/h4-7,15H,2-3,8-13H2,1H3/t15-/m1/s1. The van der Waals surface area contributed by atoms with Crippen LogP contribution in [0.25, 0.3) is 0 Å². The van der Waals surface area contributed by atoms with Crippen molar-refractivity contribution in [1.82, 2.24) is 9.80 Å². The van der Waals surface area contributed by atoms with Crippen molar-refractivity contribution in [2.45, 2.75) is 23.8 Å². The molecule has 0 radical (unpaired) electrons. The van der Waals surface area contributed by atoms with E-state index in [2.05, 4.69) is 4.90 Å². The van der Waals surface area contributed by atoms with Crippen LogP contribution in [0.2, 0.25) is 0 Å². The Morgan fingerprint density at radius 3 is 2.38 bits per heavy atom. The van der Waals surface area contributed by atoms with Gasteiger partial charge in [0.1, 0.15) is 0 Å². The monoisotopic (exact) mass is 352 g/mol. The number of piperazine rings is 1. The average molecular weight is 352 g/mol. The molecule has 1 amide bonds. The largest absolute Gasteiger partial charge is 0.377 e. The van der Waals surface area contributed by atoms with Gasteiger partial charge in [-0.05, 0) is 37.1 Å². The highest BCUT2D eigenvalue weighted by Gasteiger charge is 2.25. The third-order valence-electron chi connectivity index (χ3n) is 4.67. The van der Waals surface area contributed by atoms with Crippen LogP contribution in [-0.2, 0) is 14.6 Å². The Labute approximate surface area is 143 Å². The lowest BCUT2D eigenvalue weighted by atomic mass is 10.1. The summed E-state index contributed by atoms with van der Waals surface area (Å²) in [6.07, 6.45) is 3.78. The summed E-state index contributed by atoms with van der Waals surface area (Å²) < 4.78 is 28.6. The van der Waals surface area contributed by atoms with E-state index in [1.54, 1.807) is 12.1 Å². The third kappa shape index (κ3) is 4.15. The van der Waals surface area contributed by atoms with Gasteiger partial charge in [0.05, 0.1) is 11.0 Å². The molecule has 2 heterocycles. The van der Waals surface area contributed by atoms with E-state index in [4.69, 9.17) is 4.74 Å². The second-order valence-electron chi connectivity index (χ2n) is 6.52. The Hall–Kier alpha value is -1.44. The highest BCUT2D eigenvalue weighted by atomic mass is 32.2. The Morgan fingerprint density at radius 1 is 1.17 bits per heavy atom. The van der Waals surface area contributed by atoms with Gasteiger partial charge in [0, 0.05) is 51.1 Å².